The Morgan fingerprint density at radius 1 is 1.41 bits per heavy atom. The third kappa shape index (κ3) is 5.48. The van der Waals surface area contributed by atoms with Crippen molar-refractivity contribution in [2.45, 2.75) is 19.9 Å². The van der Waals surface area contributed by atoms with Gasteiger partial charge in [-0.25, -0.2) is 0 Å². The molecule has 1 fully saturated rings. The SMILES string of the molecule is COC(=O)CN(CCN1CCOCC1)C(C)C. The first kappa shape index (κ1) is 14.4. The monoisotopic (exact) mass is 244 g/mol. The minimum atomic E-state index is -0.166. The predicted molar refractivity (Wildman–Crippen MR) is 66.0 cm³/mol. The predicted octanol–water partition coefficient (Wildman–Crippen LogP) is 0.202. The fraction of sp³-hybridized carbons (Fsp3) is 0.917. The van der Waals surface area contributed by atoms with Gasteiger partial charge in [0.2, 0.25) is 0 Å². The molecule has 0 aliphatic carbocycles. The summed E-state index contributed by atoms with van der Waals surface area (Å²) in [5.74, 6) is -0.166. The molecule has 5 heteroatoms. The minimum Gasteiger partial charge on any atom is -0.468 e. The Kier molecular flexibility index (Phi) is 6.47. The number of carbonyl (C=O) groups is 1. The fourth-order valence-electron chi connectivity index (χ4n) is 1.84. The van der Waals surface area contributed by atoms with E-state index in [0.717, 1.165) is 39.4 Å². The zero-order valence-corrected chi connectivity index (χ0v) is 11.1. The van der Waals surface area contributed by atoms with Crippen LogP contribution in [0.3, 0.4) is 0 Å². The molecule has 0 radical (unpaired) electrons. The van der Waals surface area contributed by atoms with Crippen LogP contribution in [0.4, 0.5) is 0 Å². The first-order valence-corrected chi connectivity index (χ1v) is 6.24. The van der Waals surface area contributed by atoms with E-state index in [0.29, 0.717) is 12.6 Å². The van der Waals surface area contributed by atoms with Crippen molar-refractivity contribution in [1.82, 2.24) is 9.80 Å². The second-order valence-electron chi connectivity index (χ2n) is 4.59. The van der Waals surface area contributed by atoms with Crippen LogP contribution in [-0.4, -0.2) is 74.9 Å². The summed E-state index contributed by atoms with van der Waals surface area (Å²) in [6.45, 7) is 10.1. The second kappa shape index (κ2) is 7.63. The molecule has 1 aliphatic heterocycles. The van der Waals surface area contributed by atoms with E-state index < -0.39 is 0 Å². The summed E-state index contributed by atoms with van der Waals surface area (Å²) in [6, 6.07) is 0.357. The molecule has 0 spiro atoms. The minimum absolute atomic E-state index is 0.166. The lowest BCUT2D eigenvalue weighted by molar-refractivity contribution is -0.142. The number of ether oxygens (including phenoxy) is 2. The van der Waals surface area contributed by atoms with Crippen LogP contribution in [0, 0.1) is 0 Å². The molecular formula is C12H24N2O3. The molecule has 1 rings (SSSR count). The number of carbonyl (C=O) groups excluding carboxylic acids is 1. The van der Waals surface area contributed by atoms with Crippen LogP contribution >= 0.6 is 0 Å². The fourth-order valence-corrected chi connectivity index (χ4v) is 1.84. The molecule has 5 nitrogen and oxygen atoms in total. The van der Waals surface area contributed by atoms with Gasteiger partial charge in [0.15, 0.2) is 0 Å². The van der Waals surface area contributed by atoms with Crippen molar-refractivity contribution in [3.05, 3.63) is 0 Å². The van der Waals surface area contributed by atoms with Gasteiger partial charge < -0.3 is 9.47 Å². The largest absolute Gasteiger partial charge is 0.468 e. The van der Waals surface area contributed by atoms with Crippen LogP contribution in [0.1, 0.15) is 13.8 Å². The zero-order chi connectivity index (χ0) is 12.7. The Morgan fingerprint density at radius 3 is 2.59 bits per heavy atom. The smallest absolute Gasteiger partial charge is 0.319 e. The maximum atomic E-state index is 11.3. The number of rotatable bonds is 6. The van der Waals surface area contributed by atoms with Crippen LogP contribution in [0.15, 0.2) is 0 Å². The molecule has 0 aromatic heterocycles. The molecule has 0 N–H and O–H groups in total. The topological polar surface area (TPSA) is 42.0 Å². The van der Waals surface area contributed by atoms with E-state index in [2.05, 4.69) is 23.6 Å². The Hall–Kier alpha value is -0.650. The molecule has 0 aromatic carbocycles. The van der Waals surface area contributed by atoms with E-state index in [1.54, 1.807) is 0 Å². The van der Waals surface area contributed by atoms with Crippen LogP contribution in [0.25, 0.3) is 0 Å². The third-order valence-electron chi connectivity index (χ3n) is 3.10. The number of hydrogen-bond acceptors (Lipinski definition) is 5. The Morgan fingerprint density at radius 2 is 2.06 bits per heavy atom. The van der Waals surface area contributed by atoms with E-state index in [4.69, 9.17) is 9.47 Å². The van der Waals surface area contributed by atoms with Crippen LogP contribution < -0.4 is 0 Å². The molecule has 0 saturated carbocycles. The quantitative estimate of drug-likeness (QED) is 0.625. The molecule has 0 atom stereocenters. The van der Waals surface area contributed by atoms with Crippen molar-refractivity contribution in [3.8, 4) is 0 Å². The van der Waals surface area contributed by atoms with E-state index in [1.807, 2.05) is 0 Å². The van der Waals surface area contributed by atoms with Gasteiger partial charge in [0.25, 0.3) is 0 Å². The normalized spacial score (nSPS) is 17.7. The standard InChI is InChI=1S/C12H24N2O3/c1-11(2)14(10-12(15)16-3)5-4-13-6-8-17-9-7-13/h11H,4-10H2,1-3H3. The number of esters is 1. The van der Waals surface area contributed by atoms with E-state index in [1.165, 1.54) is 7.11 Å². The highest BCUT2D eigenvalue weighted by Gasteiger charge is 2.16. The summed E-state index contributed by atoms with van der Waals surface area (Å²) in [4.78, 5) is 15.8. The van der Waals surface area contributed by atoms with Gasteiger partial charge in [-0.3, -0.25) is 14.6 Å². The Bertz CT molecular complexity index is 228. The number of methoxy groups -OCH3 is 1. The molecule has 0 aromatic rings. The van der Waals surface area contributed by atoms with Gasteiger partial charge in [-0.05, 0) is 13.8 Å². The Balaban J connectivity index is 2.30. The van der Waals surface area contributed by atoms with Crippen molar-refractivity contribution in [2.24, 2.45) is 0 Å². The van der Waals surface area contributed by atoms with Gasteiger partial charge in [0.05, 0.1) is 26.9 Å². The summed E-state index contributed by atoms with van der Waals surface area (Å²) in [5.41, 5.74) is 0. The first-order valence-electron chi connectivity index (χ1n) is 6.24. The molecule has 1 saturated heterocycles. The lowest BCUT2D eigenvalue weighted by atomic mass is 10.3. The summed E-state index contributed by atoms with van der Waals surface area (Å²) >= 11 is 0. The summed E-state index contributed by atoms with van der Waals surface area (Å²) in [6.07, 6.45) is 0. The molecule has 1 heterocycles. The molecule has 100 valence electrons. The maximum Gasteiger partial charge on any atom is 0.319 e. The molecular weight excluding hydrogens is 220 g/mol. The lowest BCUT2D eigenvalue weighted by Gasteiger charge is -2.31. The number of nitrogens with zero attached hydrogens (tertiary/aromatic N) is 2. The van der Waals surface area contributed by atoms with Crippen molar-refractivity contribution >= 4 is 5.97 Å². The average molecular weight is 244 g/mol. The highest BCUT2D eigenvalue weighted by atomic mass is 16.5. The number of hydrogen-bond donors (Lipinski definition) is 0. The second-order valence-corrected chi connectivity index (χ2v) is 4.59. The van der Waals surface area contributed by atoms with Crippen LogP contribution in [0.5, 0.6) is 0 Å². The highest BCUT2D eigenvalue weighted by molar-refractivity contribution is 5.71. The van der Waals surface area contributed by atoms with Gasteiger partial charge in [-0.15, -0.1) is 0 Å². The van der Waals surface area contributed by atoms with Crippen molar-refractivity contribution in [2.75, 3.05) is 53.0 Å². The maximum absolute atomic E-state index is 11.3. The van der Waals surface area contributed by atoms with Gasteiger partial charge >= 0.3 is 5.97 Å². The molecule has 17 heavy (non-hydrogen) atoms. The molecule has 0 bridgehead atoms. The molecule has 1 aliphatic rings. The highest BCUT2D eigenvalue weighted by Crippen LogP contribution is 2.01. The van der Waals surface area contributed by atoms with Gasteiger partial charge in [-0.2, -0.15) is 0 Å². The van der Waals surface area contributed by atoms with E-state index in [-0.39, 0.29) is 5.97 Å². The van der Waals surface area contributed by atoms with Crippen molar-refractivity contribution in [1.29, 1.82) is 0 Å². The lowest BCUT2D eigenvalue weighted by Crippen LogP contribution is -2.44. The van der Waals surface area contributed by atoms with Gasteiger partial charge in [0.1, 0.15) is 0 Å². The summed E-state index contributed by atoms with van der Waals surface area (Å²) < 4.78 is 10.0. The zero-order valence-electron chi connectivity index (χ0n) is 11.1. The molecule has 0 amide bonds. The van der Waals surface area contributed by atoms with E-state index in [9.17, 15) is 4.79 Å². The van der Waals surface area contributed by atoms with E-state index >= 15 is 0 Å². The van der Waals surface area contributed by atoms with Gasteiger partial charge in [0, 0.05) is 32.2 Å². The van der Waals surface area contributed by atoms with Crippen LogP contribution in [0.2, 0.25) is 0 Å². The third-order valence-corrected chi connectivity index (χ3v) is 3.10. The summed E-state index contributed by atoms with van der Waals surface area (Å²) in [5, 5.41) is 0. The first-order chi connectivity index (χ1) is 8.13. The summed E-state index contributed by atoms with van der Waals surface area (Å²) in [7, 11) is 1.43. The number of morpholine rings is 1. The molecule has 0 unspecified atom stereocenters. The van der Waals surface area contributed by atoms with Crippen molar-refractivity contribution < 1.29 is 14.3 Å². The van der Waals surface area contributed by atoms with Crippen molar-refractivity contribution in [3.63, 3.8) is 0 Å². The van der Waals surface area contributed by atoms with Crippen LogP contribution in [-0.2, 0) is 14.3 Å². The average Bonchev–Trinajstić information content (AvgIpc) is 2.35. The van der Waals surface area contributed by atoms with Gasteiger partial charge in [-0.1, -0.05) is 0 Å². The Labute approximate surface area is 104 Å².